The first-order chi connectivity index (χ1) is 8.60. The summed E-state index contributed by atoms with van der Waals surface area (Å²) in [4.78, 5) is 0. The molecular formula is C17H33N. The zero-order chi connectivity index (χ0) is 13.0. The molecule has 2 aliphatic carbocycles. The van der Waals surface area contributed by atoms with Crippen LogP contribution in [0.3, 0.4) is 0 Å². The molecule has 1 unspecified atom stereocenters. The van der Waals surface area contributed by atoms with Gasteiger partial charge in [0.05, 0.1) is 0 Å². The minimum atomic E-state index is 0.641. The van der Waals surface area contributed by atoms with E-state index in [4.69, 9.17) is 0 Å². The van der Waals surface area contributed by atoms with Crippen LogP contribution in [0.4, 0.5) is 0 Å². The largest absolute Gasteiger partial charge is 0.314 e. The van der Waals surface area contributed by atoms with E-state index in [1.54, 1.807) is 0 Å². The van der Waals surface area contributed by atoms with Gasteiger partial charge in [-0.1, -0.05) is 46.0 Å². The summed E-state index contributed by atoms with van der Waals surface area (Å²) < 4.78 is 0. The molecule has 0 saturated heterocycles. The summed E-state index contributed by atoms with van der Waals surface area (Å²) in [5, 5.41) is 3.87. The van der Waals surface area contributed by atoms with Crippen LogP contribution in [0.1, 0.15) is 78.6 Å². The lowest BCUT2D eigenvalue weighted by Gasteiger charge is -2.34. The summed E-state index contributed by atoms with van der Waals surface area (Å²) in [7, 11) is 0. The van der Waals surface area contributed by atoms with Gasteiger partial charge in [0.1, 0.15) is 0 Å². The maximum absolute atomic E-state index is 3.87. The summed E-state index contributed by atoms with van der Waals surface area (Å²) >= 11 is 0. The predicted molar refractivity (Wildman–Crippen MR) is 79.8 cm³/mol. The predicted octanol–water partition coefficient (Wildman–Crippen LogP) is 4.76. The lowest BCUT2D eigenvalue weighted by atomic mass is 9.77. The standard InChI is InChI=1S/C17H33N/c1-14(2)12-17(9-4-5-10-17)13-18-15(3)11-16-7-6-8-16/h14-16,18H,4-13H2,1-3H3. The van der Waals surface area contributed by atoms with Crippen molar-refractivity contribution in [3.8, 4) is 0 Å². The van der Waals surface area contributed by atoms with Gasteiger partial charge in [-0.05, 0) is 49.9 Å². The average Bonchev–Trinajstić information content (AvgIpc) is 2.69. The third kappa shape index (κ3) is 3.98. The second-order valence-electron chi connectivity index (χ2n) is 7.62. The second kappa shape index (κ2) is 6.41. The first kappa shape index (κ1) is 14.4. The van der Waals surface area contributed by atoms with E-state index >= 15 is 0 Å². The molecule has 0 aromatic heterocycles. The summed E-state index contributed by atoms with van der Waals surface area (Å²) in [6, 6.07) is 0.736. The molecule has 18 heavy (non-hydrogen) atoms. The summed E-state index contributed by atoms with van der Waals surface area (Å²) in [5.74, 6) is 1.89. The second-order valence-corrected chi connectivity index (χ2v) is 7.62. The molecule has 2 fully saturated rings. The van der Waals surface area contributed by atoms with Crippen molar-refractivity contribution in [3.63, 3.8) is 0 Å². The normalized spacial score (nSPS) is 25.3. The molecule has 2 saturated carbocycles. The molecule has 0 spiro atoms. The molecule has 0 radical (unpaired) electrons. The molecule has 1 heteroatoms. The van der Waals surface area contributed by atoms with Gasteiger partial charge in [0.25, 0.3) is 0 Å². The van der Waals surface area contributed by atoms with Crippen LogP contribution in [-0.4, -0.2) is 12.6 Å². The van der Waals surface area contributed by atoms with Gasteiger partial charge in [-0.3, -0.25) is 0 Å². The Kier molecular flexibility index (Phi) is 5.12. The van der Waals surface area contributed by atoms with Crippen LogP contribution < -0.4 is 5.32 Å². The van der Waals surface area contributed by atoms with Crippen molar-refractivity contribution in [3.05, 3.63) is 0 Å². The Morgan fingerprint density at radius 2 is 1.72 bits per heavy atom. The molecule has 106 valence electrons. The minimum absolute atomic E-state index is 0.641. The van der Waals surface area contributed by atoms with E-state index in [9.17, 15) is 0 Å². The van der Waals surface area contributed by atoms with Gasteiger partial charge in [0.2, 0.25) is 0 Å². The molecule has 0 amide bonds. The summed E-state index contributed by atoms with van der Waals surface area (Å²) in [5.41, 5.74) is 0.641. The van der Waals surface area contributed by atoms with Crippen LogP contribution in [0.5, 0.6) is 0 Å². The van der Waals surface area contributed by atoms with Crippen LogP contribution in [0.25, 0.3) is 0 Å². The fourth-order valence-corrected chi connectivity index (χ4v) is 4.15. The zero-order valence-corrected chi connectivity index (χ0v) is 12.8. The van der Waals surface area contributed by atoms with Gasteiger partial charge >= 0.3 is 0 Å². The highest BCUT2D eigenvalue weighted by atomic mass is 14.9. The Bertz CT molecular complexity index is 236. The molecule has 2 aliphatic rings. The topological polar surface area (TPSA) is 12.0 Å². The summed E-state index contributed by atoms with van der Waals surface area (Å²) in [6.45, 7) is 8.45. The number of nitrogens with one attached hydrogen (secondary N) is 1. The quantitative estimate of drug-likeness (QED) is 0.688. The van der Waals surface area contributed by atoms with Gasteiger partial charge < -0.3 is 5.32 Å². The maximum atomic E-state index is 3.87. The smallest absolute Gasteiger partial charge is 0.00415 e. The van der Waals surface area contributed by atoms with E-state index in [1.807, 2.05) is 0 Å². The summed E-state index contributed by atoms with van der Waals surface area (Å²) in [6.07, 6.45) is 13.2. The van der Waals surface area contributed by atoms with E-state index < -0.39 is 0 Å². The van der Waals surface area contributed by atoms with Crippen LogP contribution in [0.2, 0.25) is 0 Å². The van der Waals surface area contributed by atoms with Crippen molar-refractivity contribution in [2.45, 2.75) is 84.6 Å². The number of rotatable bonds is 7. The molecule has 0 aliphatic heterocycles. The average molecular weight is 251 g/mol. The molecule has 1 atom stereocenters. The van der Waals surface area contributed by atoms with Gasteiger partial charge in [-0.2, -0.15) is 0 Å². The van der Waals surface area contributed by atoms with Crippen LogP contribution in [0.15, 0.2) is 0 Å². The highest BCUT2D eigenvalue weighted by molar-refractivity contribution is 4.88. The Morgan fingerprint density at radius 3 is 2.22 bits per heavy atom. The molecule has 2 rings (SSSR count). The minimum Gasteiger partial charge on any atom is -0.314 e. The Hall–Kier alpha value is -0.0400. The lowest BCUT2D eigenvalue weighted by Crippen LogP contribution is -2.39. The fourth-order valence-electron chi connectivity index (χ4n) is 4.15. The van der Waals surface area contributed by atoms with Crippen LogP contribution in [-0.2, 0) is 0 Å². The van der Waals surface area contributed by atoms with Crippen molar-refractivity contribution in [2.75, 3.05) is 6.54 Å². The fraction of sp³-hybridized carbons (Fsp3) is 1.00. The SMILES string of the molecule is CC(C)CC1(CNC(C)CC2CCC2)CCCC1. The van der Waals surface area contributed by atoms with Gasteiger partial charge in [-0.15, -0.1) is 0 Å². The Balaban J connectivity index is 1.74. The van der Waals surface area contributed by atoms with E-state index in [0.29, 0.717) is 5.41 Å². The van der Waals surface area contributed by atoms with Crippen molar-refractivity contribution in [1.82, 2.24) is 5.32 Å². The zero-order valence-electron chi connectivity index (χ0n) is 12.8. The highest BCUT2D eigenvalue weighted by Crippen LogP contribution is 2.42. The number of hydrogen-bond donors (Lipinski definition) is 1. The Morgan fingerprint density at radius 1 is 1.06 bits per heavy atom. The van der Waals surface area contributed by atoms with E-state index in [-0.39, 0.29) is 0 Å². The van der Waals surface area contributed by atoms with Crippen molar-refractivity contribution in [1.29, 1.82) is 0 Å². The molecule has 0 aromatic rings. The third-order valence-electron chi connectivity index (χ3n) is 5.24. The van der Waals surface area contributed by atoms with E-state index in [0.717, 1.165) is 17.9 Å². The highest BCUT2D eigenvalue weighted by Gasteiger charge is 2.34. The van der Waals surface area contributed by atoms with Crippen LogP contribution in [0, 0.1) is 17.3 Å². The van der Waals surface area contributed by atoms with Gasteiger partial charge in [0.15, 0.2) is 0 Å². The van der Waals surface area contributed by atoms with Gasteiger partial charge in [-0.25, -0.2) is 0 Å². The molecule has 0 heterocycles. The van der Waals surface area contributed by atoms with Crippen molar-refractivity contribution < 1.29 is 0 Å². The van der Waals surface area contributed by atoms with E-state index in [1.165, 1.54) is 64.3 Å². The first-order valence-corrected chi connectivity index (χ1v) is 8.33. The van der Waals surface area contributed by atoms with Gasteiger partial charge in [0, 0.05) is 12.6 Å². The van der Waals surface area contributed by atoms with Crippen molar-refractivity contribution in [2.24, 2.45) is 17.3 Å². The van der Waals surface area contributed by atoms with E-state index in [2.05, 4.69) is 26.1 Å². The molecule has 1 N–H and O–H groups in total. The third-order valence-corrected chi connectivity index (χ3v) is 5.24. The maximum Gasteiger partial charge on any atom is 0.00415 e. The number of hydrogen-bond acceptors (Lipinski definition) is 1. The Labute approximate surface area is 114 Å². The molecule has 0 bridgehead atoms. The first-order valence-electron chi connectivity index (χ1n) is 8.33. The molecular weight excluding hydrogens is 218 g/mol. The lowest BCUT2D eigenvalue weighted by molar-refractivity contribution is 0.201. The molecule has 1 nitrogen and oxygen atoms in total. The van der Waals surface area contributed by atoms with Crippen molar-refractivity contribution >= 4 is 0 Å². The van der Waals surface area contributed by atoms with Crippen LogP contribution >= 0.6 is 0 Å². The monoisotopic (exact) mass is 251 g/mol. The molecule has 0 aromatic carbocycles.